The Hall–Kier alpha value is -6.51. The molecule has 0 aliphatic carbocycles. The van der Waals surface area contributed by atoms with Crippen molar-refractivity contribution in [2.45, 2.75) is 6.92 Å². The maximum Gasteiger partial charge on any atom is 0.146 e. The minimum Gasteiger partial charge on any atom is -0.455 e. The van der Waals surface area contributed by atoms with Crippen LogP contribution in [-0.2, 0) is 0 Å². The van der Waals surface area contributed by atoms with Gasteiger partial charge in [-0.3, -0.25) is 4.98 Å². The largest absolute Gasteiger partial charge is 0.455 e. The summed E-state index contributed by atoms with van der Waals surface area (Å²) in [6.45, 7) is 2.16. The van der Waals surface area contributed by atoms with Crippen molar-refractivity contribution in [1.82, 2.24) is 4.98 Å². The summed E-state index contributed by atoms with van der Waals surface area (Å²) in [5, 5.41) is 8.20. The van der Waals surface area contributed by atoms with Gasteiger partial charge < -0.3 is 4.42 Å². The zero-order valence-electron chi connectivity index (χ0n) is 27.5. The van der Waals surface area contributed by atoms with Gasteiger partial charge in [0.25, 0.3) is 0 Å². The Morgan fingerprint density at radius 2 is 0.940 bits per heavy atom. The summed E-state index contributed by atoms with van der Waals surface area (Å²) in [5.41, 5.74) is 13.6. The summed E-state index contributed by atoms with van der Waals surface area (Å²) >= 11 is 0. The van der Waals surface area contributed by atoms with Gasteiger partial charge in [-0.1, -0.05) is 140 Å². The second-order valence-corrected chi connectivity index (χ2v) is 13.1. The van der Waals surface area contributed by atoms with E-state index in [1.807, 2.05) is 24.4 Å². The van der Waals surface area contributed by atoms with Gasteiger partial charge in [0.1, 0.15) is 11.2 Å². The molecule has 10 rings (SSSR count). The number of aryl methyl sites for hydroxylation is 1. The number of pyridine rings is 1. The summed E-state index contributed by atoms with van der Waals surface area (Å²) in [5.74, 6) is 0. The van der Waals surface area contributed by atoms with Crippen LogP contribution in [0.25, 0.3) is 98.9 Å². The molecule has 2 aromatic heterocycles. The summed E-state index contributed by atoms with van der Waals surface area (Å²) in [4.78, 5) is 4.70. The fourth-order valence-corrected chi connectivity index (χ4v) is 7.92. The predicted molar refractivity (Wildman–Crippen MR) is 211 cm³/mol. The van der Waals surface area contributed by atoms with Crippen LogP contribution in [-0.4, -0.2) is 4.98 Å². The number of furan rings is 1. The smallest absolute Gasteiger partial charge is 0.146 e. The highest BCUT2D eigenvalue weighted by atomic mass is 16.3. The summed E-state index contributed by atoms with van der Waals surface area (Å²) in [6.07, 6.45) is 1.94. The van der Waals surface area contributed by atoms with Crippen LogP contribution >= 0.6 is 0 Å². The van der Waals surface area contributed by atoms with Crippen molar-refractivity contribution in [1.29, 1.82) is 0 Å². The minimum absolute atomic E-state index is 0.898. The molecular formula is C48H31NO. The van der Waals surface area contributed by atoms with Gasteiger partial charge in [0.05, 0.1) is 5.52 Å². The molecule has 0 saturated carbocycles. The molecule has 0 bridgehead atoms. The number of hydrogen-bond acceptors (Lipinski definition) is 2. The molecule has 0 spiro atoms. The third-order valence-corrected chi connectivity index (χ3v) is 10.3. The molecule has 50 heavy (non-hydrogen) atoms. The molecule has 0 aliphatic heterocycles. The number of aromatic nitrogens is 1. The number of hydrogen-bond donors (Lipinski definition) is 0. The summed E-state index contributed by atoms with van der Waals surface area (Å²) in [6, 6.07) is 58.9. The molecule has 2 heteroatoms. The van der Waals surface area contributed by atoms with E-state index in [1.54, 1.807) is 0 Å². The molecule has 0 atom stereocenters. The van der Waals surface area contributed by atoms with Crippen LogP contribution in [0.2, 0.25) is 0 Å². The van der Waals surface area contributed by atoms with E-state index in [0.29, 0.717) is 0 Å². The Labute approximate surface area is 289 Å². The van der Waals surface area contributed by atoms with E-state index in [4.69, 9.17) is 9.40 Å². The van der Waals surface area contributed by atoms with E-state index in [0.717, 1.165) is 38.4 Å². The first-order valence-electron chi connectivity index (χ1n) is 17.1. The number of para-hydroxylation sites is 1. The second-order valence-electron chi connectivity index (χ2n) is 13.1. The normalized spacial score (nSPS) is 11.7. The van der Waals surface area contributed by atoms with Crippen LogP contribution in [0.3, 0.4) is 0 Å². The van der Waals surface area contributed by atoms with E-state index < -0.39 is 0 Å². The summed E-state index contributed by atoms with van der Waals surface area (Å²) < 4.78 is 6.59. The SMILES string of the molecule is Cc1c(-c2ccc(-c3c4ccccc4c(-c4cccc(-c5ccccc5)c4)c4ccccc34)cc2)ccc2c1oc1c3ccccc3ncc21. The van der Waals surface area contributed by atoms with Crippen molar-refractivity contribution < 1.29 is 4.42 Å². The van der Waals surface area contributed by atoms with Gasteiger partial charge in [-0.25, -0.2) is 0 Å². The molecular weight excluding hydrogens is 607 g/mol. The summed E-state index contributed by atoms with van der Waals surface area (Å²) in [7, 11) is 0. The van der Waals surface area contributed by atoms with Crippen LogP contribution in [0.5, 0.6) is 0 Å². The number of fused-ring (bicyclic) bond motifs is 7. The van der Waals surface area contributed by atoms with Crippen molar-refractivity contribution in [2.24, 2.45) is 0 Å². The van der Waals surface area contributed by atoms with Crippen molar-refractivity contribution in [2.75, 3.05) is 0 Å². The fraction of sp³-hybridized carbons (Fsp3) is 0.0208. The van der Waals surface area contributed by atoms with E-state index in [1.165, 1.54) is 66.1 Å². The Kier molecular flexibility index (Phi) is 6.43. The highest BCUT2D eigenvalue weighted by molar-refractivity contribution is 6.21. The van der Waals surface area contributed by atoms with Crippen LogP contribution in [0.4, 0.5) is 0 Å². The first-order chi connectivity index (χ1) is 24.7. The molecule has 0 saturated heterocycles. The fourth-order valence-electron chi connectivity index (χ4n) is 7.92. The lowest BCUT2D eigenvalue weighted by atomic mass is 9.85. The van der Waals surface area contributed by atoms with Crippen molar-refractivity contribution in [3.05, 3.63) is 176 Å². The third-order valence-electron chi connectivity index (χ3n) is 10.3. The molecule has 234 valence electrons. The van der Waals surface area contributed by atoms with E-state index in [-0.39, 0.29) is 0 Å². The lowest BCUT2D eigenvalue weighted by Crippen LogP contribution is -1.91. The van der Waals surface area contributed by atoms with Gasteiger partial charge in [-0.05, 0) is 97.2 Å². The molecule has 0 fully saturated rings. The highest BCUT2D eigenvalue weighted by Gasteiger charge is 2.18. The van der Waals surface area contributed by atoms with Crippen LogP contribution < -0.4 is 0 Å². The lowest BCUT2D eigenvalue weighted by Gasteiger charge is -2.18. The standard InChI is InChI=1S/C48H31NO/c1-30-36(26-27-41-43-29-49-44-21-10-9-20-42(44)48(43)50-47(30)41)32-22-24-33(25-23-32)45-37-16-5-7-18-39(37)46(40-19-8-6-17-38(40)45)35-15-11-14-34(28-35)31-12-3-2-4-13-31/h2-29H,1H3. The van der Waals surface area contributed by atoms with Crippen LogP contribution in [0, 0.1) is 6.92 Å². The first-order valence-corrected chi connectivity index (χ1v) is 17.1. The van der Waals surface area contributed by atoms with Crippen molar-refractivity contribution >= 4 is 54.4 Å². The minimum atomic E-state index is 0.898. The molecule has 10 aromatic rings. The quantitative estimate of drug-likeness (QED) is 0.180. The van der Waals surface area contributed by atoms with Crippen LogP contribution in [0.1, 0.15) is 5.56 Å². The maximum absolute atomic E-state index is 6.59. The molecule has 0 unspecified atom stereocenters. The predicted octanol–water partition coefficient (Wildman–Crippen LogP) is 13.4. The average molecular weight is 638 g/mol. The zero-order valence-corrected chi connectivity index (χ0v) is 27.5. The van der Waals surface area contributed by atoms with Gasteiger partial charge in [0.15, 0.2) is 0 Å². The van der Waals surface area contributed by atoms with Gasteiger partial charge in [-0.15, -0.1) is 0 Å². The third kappa shape index (κ3) is 4.39. The van der Waals surface area contributed by atoms with Gasteiger partial charge in [-0.2, -0.15) is 0 Å². The lowest BCUT2D eigenvalue weighted by molar-refractivity contribution is 0.669. The Bertz CT molecular complexity index is 2860. The monoisotopic (exact) mass is 637 g/mol. The zero-order chi connectivity index (χ0) is 33.2. The van der Waals surface area contributed by atoms with E-state index >= 15 is 0 Å². The Balaban J connectivity index is 1.12. The molecule has 0 aliphatic rings. The van der Waals surface area contributed by atoms with E-state index in [2.05, 4.69) is 153 Å². The first kappa shape index (κ1) is 28.5. The van der Waals surface area contributed by atoms with Crippen LogP contribution in [0.15, 0.2) is 174 Å². The topological polar surface area (TPSA) is 26.0 Å². The molecule has 0 N–H and O–H groups in total. The van der Waals surface area contributed by atoms with Crippen molar-refractivity contribution in [3.63, 3.8) is 0 Å². The average Bonchev–Trinajstić information content (AvgIpc) is 3.58. The highest BCUT2D eigenvalue weighted by Crippen LogP contribution is 2.45. The van der Waals surface area contributed by atoms with Crippen molar-refractivity contribution in [3.8, 4) is 44.5 Å². The second kappa shape index (κ2) is 11.3. The molecule has 8 aromatic carbocycles. The van der Waals surface area contributed by atoms with Gasteiger partial charge in [0.2, 0.25) is 0 Å². The number of rotatable bonds is 4. The molecule has 0 amide bonds. The molecule has 0 radical (unpaired) electrons. The Morgan fingerprint density at radius 1 is 0.380 bits per heavy atom. The van der Waals surface area contributed by atoms with Gasteiger partial charge >= 0.3 is 0 Å². The van der Waals surface area contributed by atoms with Gasteiger partial charge in [0, 0.05) is 27.9 Å². The number of benzene rings is 8. The number of nitrogens with zero attached hydrogens (tertiary/aromatic N) is 1. The van der Waals surface area contributed by atoms with E-state index in [9.17, 15) is 0 Å². The Morgan fingerprint density at radius 3 is 1.64 bits per heavy atom. The molecule has 2 nitrogen and oxygen atoms in total. The maximum atomic E-state index is 6.59. The molecule has 2 heterocycles.